The van der Waals surface area contributed by atoms with Crippen LogP contribution in [0.15, 0.2) is 53.6 Å². The summed E-state index contributed by atoms with van der Waals surface area (Å²) in [5.74, 6) is 0.120. The van der Waals surface area contributed by atoms with Crippen LogP contribution < -0.4 is 5.73 Å². The summed E-state index contributed by atoms with van der Waals surface area (Å²) in [7, 11) is 0. The Morgan fingerprint density at radius 1 is 1.26 bits per heavy atom. The molecule has 2 atom stereocenters. The Morgan fingerprint density at radius 3 is 2.70 bits per heavy atom. The highest BCUT2D eigenvalue weighted by molar-refractivity contribution is 5.64. The largest absolute Gasteiger partial charge is 0.445 e. The van der Waals surface area contributed by atoms with E-state index in [-0.39, 0.29) is 18.6 Å². The average Bonchev–Trinajstić information content (AvgIpc) is 2.93. The zero-order valence-corrected chi connectivity index (χ0v) is 12.4. The predicted molar refractivity (Wildman–Crippen MR) is 85.6 cm³/mol. The second-order valence-corrected chi connectivity index (χ2v) is 5.51. The van der Waals surface area contributed by atoms with Crippen molar-refractivity contribution in [3.05, 3.63) is 81.2 Å². The van der Waals surface area contributed by atoms with Gasteiger partial charge in [-0.1, -0.05) is 53.6 Å². The van der Waals surface area contributed by atoms with Gasteiger partial charge in [0.15, 0.2) is 0 Å². The molecule has 0 fully saturated rings. The maximum absolute atomic E-state index is 10.6. The van der Waals surface area contributed by atoms with Crippen LogP contribution in [-0.4, -0.2) is 6.09 Å². The summed E-state index contributed by atoms with van der Waals surface area (Å²) in [6.45, 7) is 0.153. The Hall–Kier alpha value is -2.98. The van der Waals surface area contributed by atoms with Crippen molar-refractivity contribution >= 4 is 6.09 Å². The molecule has 0 heterocycles. The molecule has 0 bridgehead atoms. The SMILES string of the molecule is [N-]=[N+]=NC1c2ccccc2CC1c1ccc(COC(N)=O)cc1. The monoisotopic (exact) mass is 308 g/mol. The van der Waals surface area contributed by atoms with Crippen molar-refractivity contribution in [2.75, 3.05) is 0 Å². The van der Waals surface area contributed by atoms with E-state index in [2.05, 4.69) is 16.1 Å². The van der Waals surface area contributed by atoms with E-state index in [1.54, 1.807) is 0 Å². The number of azide groups is 1. The average molecular weight is 308 g/mol. The van der Waals surface area contributed by atoms with Crippen LogP contribution in [0.4, 0.5) is 4.79 Å². The third-order valence-electron chi connectivity index (χ3n) is 4.16. The lowest BCUT2D eigenvalue weighted by Crippen LogP contribution is -2.12. The third-order valence-corrected chi connectivity index (χ3v) is 4.16. The molecule has 23 heavy (non-hydrogen) atoms. The number of primary amides is 1. The van der Waals surface area contributed by atoms with E-state index < -0.39 is 6.09 Å². The summed E-state index contributed by atoms with van der Waals surface area (Å²) in [5, 5.41) is 4.00. The Balaban J connectivity index is 1.84. The first kappa shape index (κ1) is 14.9. The molecular formula is C17H16N4O2. The molecular weight excluding hydrogens is 292 g/mol. The fourth-order valence-corrected chi connectivity index (χ4v) is 3.09. The maximum atomic E-state index is 10.6. The number of nitrogens with two attached hydrogens (primary N) is 1. The molecule has 1 aliphatic rings. The molecule has 1 amide bonds. The van der Waals surface area contributed by atoms with E-state index in [4.69, 9.17) is 16.0 Å². The van der Waals surface area contributed by atoms with Gasteiger partial charge in [0.2, 0.25) is 0 Å². The number of hydrogen-bond donors (Lipinski definition) is 1. The number of rotatable bonds is 4. The Labute approximate surface area is 133 Å². The number of ether oxygens (including phenoxy) is 1. The molecule has 0 aromatic heterocycles. The molecule has 0 saturated carbocycles. The lowest BCUT2D eigenvalue weighted by Gasteiger charge is -2.16. The van der Waals surface area contributed by atoms with Gasteiger partial charge in [0.1, 0.15) is 6.61 Å². The smallest absolute Gasteiger partial charge is 0.404 e. The fourth-order valence-electron chi connectivity index (χ4n) is 3.09. The molecule has 2 unspecified atom stereocenters. The molecule has 0 spiro atoms. The normalized spacial score (nSPS) is 18.8. The van der Waals surface area contributed by atoms with E-state index in [0.29, 0.717) is 0 Å². The number of carbonyl (C=O) groups excluding carboxylic acids is 1. The number of amides is 1. The molecule has 2 aromatic carbocycles. The molecule has 3 rings (SSSR count). The maximum Gasteiger partial charge on any atom is 0.404 e. The Morgan fingerprint density at radius 2 is 2.00 bits per heavy atom. The zero-order valence-electron chi connectivity index (χ0n) is 12.4. The highest BCUT2D eigenvalue weighted by Gasteiger charge is 2.32. The van der Waals surface area contributed by atoms with Gasteiger partial charge in [-0.3, -0.25) is 0 Å². The van der Waals surface area contributed by atoms with Crippen molar-refractivity contribution in [1.29, 1.82) is 0 Å². The van der Waals surface area contributed by atoms with Crippen molar-refractivity contribution in [3.8, 4) is 0 Å². The van der Waals surface area contributed by atoms with Gasteiger partial charge in [0.05, 0.1) is 6.04 Å². The quantitative estimate of drug-likeness (QED) is 0.524. The van der Waals surface area contributed by atoms with Crippen molar-refractivity contribution in [3.63, 3.8) is 0 Å². The van der Waals surface area contributed by atoms with Crippen LogP contribution in [0.5, 0.6) is 0 Å². The number of carbonyl (C=O) groups is 1. The van der Waals surface area contributed by atoms with E-state index in [0.717, 1.165) is 23.1 Å². The summed E-state index contributed by atoms with van der Waals surface area (Å²) in [6, 6.07) is 15.6. The first-order valence-corrected chi connectivity index (χ1v) is 7.32. The first-order chi connectivity index (χ1) is 11.2. The predicted octanol–water partition coefficient (Wildman–Crippen LogP) is 3.97. The van der Waals surface area contributed by atoms with Crippen molar-refractivity contribution in [1.82, 2.24) is 0 Å². The van der Waals surface area contributed by atoms with Gasteiger partial charge in [-0.05, 0) is 34.2 Å². The lowest BCUT2D eigenvalue weighted by atomic mass is 9.92. The summed E-state index contributed by atoms with van der Waals surface area (Å²) in [6.07, 6.45) is 0.0560. The van der Waals surface area contributed by atoms with Gasteiger partial charge in [-0.25, -0.2) is 4.79 Å². The summed E-state index contributed by atoms with van der Waals surface area (Å²) in [5.41, 5.74) is 18.1. The van der Waals surface area contributed by atoms with Crippen LogP contribution in [0, 0.1) is 0 Å². The zero-order chi connectivity index (χ0) is 16.2. The highest BCUT2D eigenvalue weighted by atomic mass is 16.5. The standard InChI is InChI=1S/C17H16N4O2/c18-17(22)23-10-11-5-7-12(8-6-11)15-9-13-3-1-2-4-14(13)16(15)20-21-19/h1-8,15-16H,9-10H2,(H2,18,22). The molecule has 2 aromatic rings. The van der Waals surface area contributed by atoms with Crippen LogP contribution in [0.25, 0.3) is 10.4 Å². The van der Waals surface area contributed by atoms with Gasteiger partial charge in [-0.2, -0.15) is 0 Å². The topological polar surface area (TPSA) is 101 Å². The Kier molecular flexibility index (Phi) is 4.17. The number of benzene rings is 2. The van der Waals surface area contributed by atoms with Gasteiger partial charge < -0.3 is 10.5 Å². The fraction of sp³-hybridized carbons (Fsp3) is 0.235. The molecule has 6 nitrogen and oxygen atoms in total. The molecule has 0 aliphatic heterocycles. The first-order valence-electron chi connectivity index (χ1n) is 7.32. The van der Waals surface area contributed by atoms with Crippen LogP contribution >= 0.6 is 0 Å². The molecule has 0 radical (unpaired) electrons. The minimum absolute atomic E-state index is 0.120. The van der Waals surface area contributed by atoms with Crippen molar-refractivity contribution < 1.29 is 9.53 Å². The summed E-state index contributed by atoms with van der Waals surface area (Å²) in [4.78, 5) is 13.7. The minimum atomic E-state index is -0.788. The summed E-state index contributed by atoms with van der Waals surface area (Å²) < 4.78 is 4.78. The van der Waals surface area contributed by atoms with Gasteiger partial charge in [0, 0.05) is 10.8 Å². The molecule has 116 valence electrons. The van der Waals surface area contributed by atoms with E-state index in [9.17, 15) is 4.79 Å². The Bertz CT molecular complexity index is 766. The molecule has 0 saturated heterocycles. The highest BCUT2D eigenvalue weighted by Crippen LogP contribution is 2.44. The third kappa shape index (κ3) is 3.12. The van der Waals surface area contributed by atoms with Gasteiger partial charge in [0.25, 0.3) is 0 Å². The van der Waals surface area contributed by atoms with Gasteiger partial charge >= 0.3 is 6.09 Å². The van der Waals surface area contributed by atoms with Gasteiger partial charge in [-0.15, -0.1) is 0 Å². The van der Waals surface area contributed by atoms with Crippen molar-refractivity contribution in [2.24, 2.45) is 10.8 Å². The summed E-state index contributed by atoms with van der Waals surface area (Å²) >= 11 is 0. The van der Waals surface area contributed by atoms with Crippen LogP contribution in [0.2, 0.25) is 0 Å². The number of nitrogens with zero attached hydrogens (tertiary/aromatic N) is 3. The number of fused-ring (bicyclic) bond motifs is 1. The molecule has 6 heteroatoms. The molecule has 2 N–H and O–H groups in total. The minimum Gasteiger partial charge on any atom is -0.445 e. The lowest BCUT2D eigenvalue weighted by molar-refractivity contribution is 0.150. The van der Waals surface area contributed by atoms with Crippen LogP contribution in [0.3, 0.4) is 0 Å². The van der Waals surface area contributed by atoms with Crippen LogP contribution in [0.1, 0.15) is 34.2 Å². The van der Waals surface area contributed by atoms with E-state index >= 15 is 0 Å². The number of hydrogen-bond acceptors (Lipinski definition) is 3. The molecule has 1 aliphatic carbocycles. The second-order valence-electron chi connectivity index (χ2n) is 5.51. The van der Waals surface area contributed by atoms with E-state index in [1.807, 2.05) is 42.5 Å². The second kappa shape index (κ2) is 6.42. The van der Waals surface area contributed by atoms with Crippen molar-refractivity contribution in [2.45, 2.75) is 25.0 Å². The van der Waals surface area contributed by atoms with E-state index in [1.165, 1.54) is 5.56 Å². The van der Waals surface area contributed by atoms with Crippen LogP contribution in [-0.2, 0) is 17.8 Å².